The molecule has 4 nitrogen and oxygen atoms in total. The summed E-state index contributed by atoms with van der Waals surface area (Å²) >= 11 is 0. The number of hydrogen-bond acceptors (Lipinski definition) is 4. The van der Waals surface area contributed by atoms with E-state index in [-0.39, 0.29) is 10.9 Å². The Balaban J connectivity index is 1.96. The maximum atomic E-state index is 13.4. The second kappa shape index (κ2) is 8.91. The fourth-order valence-electron chi connectivity index (χ4n) is 3.89. The van der Waals surface area contributed by atoms with Crippen molar-refractivity contribution in [3.05, 3.63) is 41.1 Å². The van der Waals surface area contributed by atoms with E-state index in [1.165, 1.54) is 6.07 Å². The van der Waals surface area contributed by atoms with Crippen LogP contribution in [0.2, 0.25) is 0 Å². The fraction of sp³-hybridized carbons (Fsp3) is 0.571. The Bertz CT molecular complexity index is 904. The minimum atomic E-state index is -4.95. The molecule has 1 saturated heterocycles. The maximum Gasteiger partial charge on any atom is 0.433 e. The number of aliphatic hydroxyl groups is 1. The second-order valence-electron chi connectivity index (χ2n) is 8.26. The molecule has 0 saturated carbocycles. The molecule has 0 spiro atoms. The number of piperidine rings is 1. The Morgan fingerprint density at radius 3 is 2.39 bits per heavy atom. The number of aromatic nitrogens is 1. The van der Waals surface area contributed by atoms with E-state index in [1.807, 2.05) is 13.8 Å². The number of pyridine rings is 1. The van der Waals surface area contributed by atoms with E-state index in [1.54, 1.807) is 0 Å². The van der Waals surface area contributed by atoms with Crippen LogP contribution in [-0.2, 0) is 12.4 Å². The Morgan fingerprint density at radius 2 is 1.84 bits per heavy atom. The van der Waals surface area contributed by atoms with Crippen LogP contribution in [-0.4, -0.2) is 35.3 Å². The molecule has 10 heteroatoms. The van der Waals surface area contributed by atoms with Crippen molar-refractivity contribution in [3.63, 3.8) is 0 Å². The molecule has 1 aromatic carbocycles. The minimum Gasteiger partial charge on any atom is -0.387 e. The van der Waals surface area contributed by atoms with Crippen LogP contribution in [0.25, 0.3) is 10.9 Å². The van der Waals surface area contributed by atoms with Crippen molar-refractivity contribution < 1.29 is 31.4 Å². The van der Waals surface area contributed by atoms with Gasteiger partial charge in [0.1, 0.15) is 5.69 Å². The first kappa shape index (κ1) is 23.7. The standard InChI is InChI=1S/C21H25F6N3O/c1-11(2)28-9-12-6-7-16(29-10-12)19(31)14-8-17(21(25,26)27)30-18-13(14)4-3-5-15(18)20(22,23)24/h3-5,8,11-12,16,19,28-29,31H,6-7,9-10H2,1-2H3. The van der Waals surface area contributed by atoms with Gasteiger partial charge in [-0.3, -0.25) is 0 Å². The van der Waals surface area contributed by atoms with Gasteiger partial charge in [0, 0.05) is 17.5 Å². The van der Waals surface area contributed by atoms with Gasteiger partial charge in [0.15, 0.2) is 0 Å². The van der Waals surface area contributed by atoms with Crippen molar-refractivity contribution in [2.45, 2.75) is 57.2 Å². The molecule has 0 aliphatic carbocycles. The first-order valence-corrected chi connectivity index (χ1v) is 10.1. The molecule has 1 aliphatic heterocycles. The van der Waals surface area contributed by atoms with Crippen LogP contribution in [0.5, 0.6) is 0 Å². The molecule has 1 aliphatic rings. The first-order chi connectivity index (χ1) is 14.4. The molecule has 3 rings (SSSR count). The average Bonchev–Trinajstić information content (AvgIpc) is 2.69. The highest BCUT2D eigenvalue weighted by molar-refractivity contribution is 5.86. The Morgan fingerprint density at radius 1 is 1.13 bits per heavy atom. The third kappa shape index (κ3) is 5.48. The lowest BCUT2D eigenvalue weighted by molar-refractivity contribution is -0.142. The van der Waals surface area contributed by atoms with Gasteiger partial charge >= 0.3 is 12.4 Å². The van der Waals surface area contributed by atoms with Crippen molar-refractivity contribution in [1.82, 2.24) is 15.6 Å². The lowest BCUT2D eigenvalue weighted by atomic mass is 9.88. The lowest BCUT2D eigenvalue weighted by Crippen LogP contribution is -2.45. The van der Waals surface area contributed by atoms with Crippen molar-refractivity contribution in [2.75, 3.05) is 13.1 Å². The highest BCUT2D eigenvalue weighted by Gasteiger charge is 2.39. The minimum absolute atomic E-state index is 0.138. The smallest absolute Gasteiger partial charge is 0.387 e. The largest absolute Gasteiger partial charge is 0.433 e. The average molecular weight is 449 g/mol. The molecule has 3 atom stereocenters. The summed E-state index contributed by atoms with van der Waals surface area (Å²) in [5, 5.41) is 17.2. The number of halogens is 6. The number of fused-ring (bicyclic) bond motifs is 1. The van der Waals surface area contributed by atoms with E-state index in [2.05, 4.69) is 15.6 Å². The summed E-state index contributed by atoms with van der Waals surface area (Å²) in [6, 6.07) is 3.46. The van der Waals surface area contributed by atoms with Gasteiger partial charge in [-0.15, -0.1) is 0 Å². The van der Waals surface area contributed by atoms with Crippen molar-refractivity contribution >= 4 is 10.9 Å². The van der Waals surface area contributed by atoms with Crippen molar-refractivity contribution in [2.24, 2.45) is 5.92 Å². The van der Waals surface area contributed by atoms with Crippen LogP contribution in [0.3, 0.4) is 0 Å². The SMILES string of the molecule is CC(C)NCC1CCC(C(O)c2cc(C(F)(F)F)nc3c(C(F)(F)F)cccc23)NC1. The second-order valence-corrected chi connectivity index (χ2v) is 8.26. The van der Waals surface area contributed by atoms with Gasteiger partial charge in [0.05, 0.1) is 17.2 Å². The van der Waals surface area contributed by atoms with Crippen LogP contribution in [0.4, 0.5) is 26.3 Å². The molecule has 1 fully saturated rings. The van der Waals surface area contributed by atoms with Gasteiger partial charge in [-0.2, -0.15) is 26.3 Å². The van der Waals surface area contributed by atoms with E-state index >= 15 is 0 Å². The van der Waals surface area contributed by atoms with E-state index < -0.39 is 41.3 Å². The molecule has 0 bridgehead atoms. The van der Waals surface area contributed by atoms with Crippen LogP contribution in [0.1, 0.15) is 49.6 Å². The highest BCUT2D eigenvalue weighted by atomic mass is 19.4. The molecule has 31 heavy (non-hydrogen) atoms. The van der Waals surface area contributed by atoms with Gasteiger partial charge in [-0.1, -0.05) is 26.0 Å². The summed E-state index contributed by atoms with van der Waals surface area (Å²) in [6.07, 6.45) is -10.0. The number of alkyl halides is 6. The maximum absolute atomic E-state index is 13.4. The summed E-state index contributed by atoms with van der Waals surface area (Å²) < 4.78 is 80.4. The number of nitrogens with zero attached hydrogens (tertiary/aromatic N) is 1. The third-order valence-corrected chi connectivity index (χ3v) is 5.54. The monoisotopic (exact) mass is 449 g/mol. The number of para-hydroxylation sites is 1. The molecule has 0 radical (unpaired) electrons. The van der Waals surface area contributed by atoms with E-state index in [0.717, 1.165) is 19.0 Å². The first-order valence-electron chi connectivity index (χ1n) is 10.1. The van der Waals surface area contributed by atoms with Gasteiger partial charge in [0.2, 0.25) is 0 Å². The number of aliphatic hydroxyl groups excluding tert-OH is 1. The summed E-state index contributed by atoms with van der Waals surface area (Å²) in [4.78, 5) is 3.27. The topological polar surface area (TPSA) is 57.2 Å². The van der Waals surface area contributed by atoms with Crippen LogP contribution >= 0.6 is 0 Å². The highest BCUT2D eigenvalue weighted by Crippen LogP contribution is 2.40. The Kier molecular flexibility index (Phi) is 6.83. The molecular formula is C21H25F6N3O. The molecular weight excluding hydrogens is 424 g/mol. The molecule has 1 aromatic heterocycles. The summed E-state index contributed by atoms with van der Waals surface area (Å²) in [5.74, 6) is 0.294. The number of hydrogen-bond donors (Lipinski definition) is 3. The van der Waals surface area contributed by atoms with Crippen molar-refractivity contribution in [3.8, 4) is 0 Å². The van der Waals surface area contributed by atoms with E-state index in [0.29, 0.717) is 37.1 Å². The predicted molar refractivity (Wildman–Crippen MR) is 104 cm³/mol. The zero-order valence-electron chi connectivity index (χ0n) is 17.1. The summed E-state index contributed by atoms with van der Waals surface area (Å²) in [5.41, 5.74) is -3.74. The molecule has 2 aromatic rings. The third-order valence-electron chi connectivity index (χ3n) is 5.54. The fourth-order valence-corrected chi connectivity index (χ4v) is 3.89. The van der Waals surface area contributed by atoms with Gasteiger partial charge in [-0.05, 0) is 49.5 Å². The number of benzene rings is 1. The molecule has 2 heterocycles. The van der Waals surface area contributed by atoms with E-state index in [9.17, 15) is 31.4 Å². The quantitative estimate of drug-likeness (QED) is 0.581. The molecule has 0 amide bonds. The summed E-state index contributed by atoms with van der Waals surface area (Å²) in [7, 11) is 0. The van der Waals surface area contributed by atoms with E-state index in [4.69, 9.17) is 0 Å². The summed E-state index contributed by atoms with van der Waals surface area (Å²) in [6.45, 7) is 5.35. The predicted octanol–water partition coefficient (Wildman–Crippen LogP) is 4.67. The molecule has 3 unspecified atom stereocenters. The van der Waals surface area contributed by atoms with Crippen LogP contribution in [0.15, 0.2) is 24.3 Å². The van der Waals surface area contributed by atoms with Gasteiger partial charge < -0.3 is 15.7 Å². The zero-order valence-corrected chi connectivity index (χ0v) is 17.1. The molecule has 172 valence electrons. The van der Waals surface area contributed by atoms with Crippen LogP contribution < -0.4 is 10.6 Å². The number of nitrogens with one attached hydrogen (secondary N) is 2. The van der Waals surface area contributed by atoms with Gasteiger partial charge in [0.25, 0.3) is 0 Å². The lowest BCUT2D eigenvalue weighted by Gasteiger charge is -2.34. The molecule has 3 N–H and O–H groups in total. The number of rotatable bonds is 5. The normalized spacial score (nSPS) is 21.6. The van der Waals surface area contributed by atoms with Crippen LogP contribution in [0, 0.1) is 5.92 Å². The van der Waals surface area contributed by atoms with Gasteiger partial charge in [-0.25, -0.2) is 4.98 Å². The Labute approximate surface area is 176 Å². The Hall–Kier alpha value is -1.91. The van der Waals surface area contributed by atoms with Crippen molar-refractivity contribution in [1.29, 1.82) is 0 Å². The zero-order chi connectivity index (χ0) is 23.0.